The minimum atomic E-state index is -1.18. The van der Waals surface area contributed by atoms with E-state index in [2.05, 4.69) is 15.9 Å². The molecule has 3 nitrogen and oxygen atoms in total. The van der Waals surface area contributed by atoms with Gasteiger partial charge in [-0.15, -0.1) is 0 Å². The topological polar surface area (TPSA) is 57.5 Å². The molecule has 0 unspecified atom stereocenters. The lowest BCUT2D eigenvalue weighted by Crippen LogP contribution is -2.43. The van der Waals surface area contributed by atoms with Gasteiger partial charge in [-0.05, 0) is 25.0 Å². The number of aromatic hydroxyl groups is 1. The molecule has 0 amide bonds. The van der Waals surface area contributed by atoms with Gasteiger partial charge < -0.3 is 10.2 Å². The standard InChI is InChI=1S/C11H10BrFO3/c12-6-2-3-7(14)9(13)8(6)11(10(15)16)4-1-5-11/h2-3,14H,1,4-5H2,(H,15,16). The first-order valence-electron chi connectivity index (χ1n) is 4.90. The Balaban J connectivity index is 2.63. The molecule has 86 valence electrons. The molecular formula is C11H10BrFO3. The summed E-state index contributed by atoms with van der Waals surface area (Å²) >= 11 is 3.15. The molecular weight excluding hydrogens is 279 g/mol. The van der Waals surface area contributed by atoms with Crippen LogP contribution in [-0.2, 0) is 10.2 Å². The fourth-order valence-electron chi connectivity index (χ4n) is 2.08. The van der Waals surface area contributed by atoms with E-state index in [1.54, 1.807) is 0 Å². The highest BCUT2D eigenvalue weighted by molar-refractivity contribution is 9.10. The van der Waals surface area contributed by atoms with Crippen LogP contribution in [-0.4, -0.2) is 16.2 Å². The fraction of sp³-hybridized carbons (Fsp3) is 0.364. The maximum absolute atomic E-state index is 13.8. The molecule has 16 heavy (non-hydrogen) atoms. The van der Waals surface area contributed by atoms with Crippen molar-refractivity contribution in [3.63, 3.8) is 0 Å². The van der Waals surface area contributed by atoms with Crippen molar-refractivity contribution in [3.05, 3.63) is 28.0 Å². The Bertz CT molecular complexity index is 455. The lowest BCUT2D eigenvalue weighted by Gasteiger charge is -2.38. The minimum absolute atomic E-state index is 0.0613. The quantitative estimate of drug-likeness (QED) is 0.880. The van der Waals surface area contributed by atoms with Crippen LogP contribution in [0.2, 0.25) is 0 Å². The van der Waals surface area contributed by atoms with E-state index < -0.39 is 23.0 Å². The Morgan fingerprint density at radius 3 is 2.50 bits per heavy atom. The van der Waals surface area contributed by atoms with E-state index in [1.807, 2.05) is 0 Å². The maximum Gasteiger partial charge on any atom is 0.314 e. The number of phenolic OH excluding ortho intramolecular Hbond substituents is 1. The first-order valence-corrected chi connectivity index (χ1v) is 5.69. The second-order valence-electron chi connectivity index (χ2n) is 4.00. The van der Waals surface area contributed by atoms with Crippen LogP contribution in [0, 0.1) is 5.82 Å². The minimum Gasteiger partial charge on any atom is -0.505 e. The predicted molar refractivity (Wildman–Crippen MR) is 58.9 cm³/mol. The fourth-order valence-corrected chi connectivity index (χ4v) is 2.77. The summed E-state index contributed by atoms with van der Waals surface area (Å²) in [4.78, 5) is 11.3. The predicted octanol–water partition coefficient (Wildman–Crippen LogP) is 2.80. The molecule has 0 aromatic heterocycles. The Morgan fingerprint density at radius 2 is 2.06 bits per heavy atom. The van der Waals surface area contributed by atoms with Gasteiger partial charge in [-0.1, -0.05) is 22.4 Å². The van der Waals surface area contributed by atoms with Crippen LogP contribution in [0.25, 0.3) is 0 Å². The summed E-state index contributed by atoms with van der Waals surface area (Å²) in [5.74, 6) is -2.38. The largest absolute Gasteiger partial charge is 0.505 e. The number of hydrogen-bond donors (Lipinski definition) is 2. The van der Waals surface area contributed by atoms with Crippen molar-refractivity contribution in [3.8, 4) is 5.75 Å². The van der Waals surface area contributed by atoms with Crippen molar-refractivity contribution >= 4 is 21.9 Å². The normalized spacial score (nSPS) is 17.9. The molecule has 1 aromatic carbocycles. The summed E-state index contributed by atoms with van der Waals surface area (Å²) < 4.78 is 14.2. The van der Waals surface area contributed by atoms with Crippen molar-refractivity contribution in [2.75, 3.05) is 0 Å². The molecule has 2 rings (SSSR count). The SMILES string of the molecule is O=C(O)C1(c2c(Br)ccc(O)c2F)CCC1. The van der Waals surface area contributed by atoms with Crippen molar-refractivity contribution in [1.82, 2.24) is 0 Å². The van der Waals surface area contributed by atoms with Gasteiger partial charge in [-0.2, -0.15) is 0 Å². The summed E-state index contributed by atoms with van der Waals surface area (Å²) in [7, 11) is 0. The van der Waals surface area contributed by atoms with Crippen molar-refractivity contribution in [2.45, 2.75) is 24.7 Å². The number of aliphatic carboxylic acids is 1. The van der Waals surface area contributed by atoms with E-state index in [9.17, 15) is 19.4 Å². The van der Waals surface area contributed by atoms with Crippen LogP contribution in [0.1, 0.15) is 24.8 Å². The maximum atomic E-state index is 13.8. The Morgan fingerprint density at radius 1 is 1.44 bits per heavy atom. The summed E-state index contributed by atoms with van der Waals surface area (Å²) in [6.45, 7) is 0. The number of carboxylic acids is 1. The lowest BCUT2D eigenvalue weighted by molar-refractivity contribution is -0.147. The summed E-state index contributed by atoms with van der Waals surface area (Å²) in [5, 5.41) is 18.5. The van der Waals surface area contributed by atoms with Gasteiger partial charge in [0.15, 0.2) is 11.6 Å². The number of phenols is 1. The van der Waals surface area contributed by atoms with Crippen LogP contribution >= 0.6 is 15.9 Å². The van der Waals surface area contributed by atoms with Crippen molar-refractivity contribution in [2.24, 2.45) is 0 Å². The molecule has 0 bridgehead atoms. The van der Waals surface area contributed by atoms with Crippen molar-refractivity contribution in [1.29, 1.82) is 0 Å². The van der Waals surface area contributed by atoms with Gasteiger partial charge in [0.1, 0.15) is 0 Å². The van der Waals surface area contributed by atoms with Gasteiger partial charge in [0.05, 0.1) is 5.41 Å². The second kappa shape index (κ2) is 3.73. The summed E-state index contributed by atoms with van der Waals surface area (Å²) in [5.41, 5.74) is -1.12. The van der Waals surface area contributed by atoms with Gasteiger partial charge in [0.25, 0.3) is 0 Å². The molecule has 0 saturated heterocycles. The number of benzene rings is 1. The average molecular weight is 289 g/mol. The second-order valence-corrected chi connectivity index (χ2v) is 4.85. The molecule has 0 atom stereocenters. The molecule has 1 saturated carbocycles. The van der Waals surface area contributed by atoms with Crippen LogP contribution in [0.5, 0.6) is 5.75 Å². The van der Waals surface area contributed by atoms with E-state index in [1.165, 1.54) is 12.1 Å². The van der Waals surface area contributed by atoms with E-state index >= 15 is 0 Å². The number of carboxylic acid groups (broad SMARTS) is 1. The third-order valence-electron chi connectivity index (χ3n) is 3.17. The third kappa shape index (κ3) is 1.42. The van der Waals surface area contributed by atoms with E-state index in [-0.39, 0.29) is 5.56 Å². The highest BCUT2D eigenvalue weighted by Gasteiger charge is 2.49. The van der Waals surface area contributed by atoms with Crippen LogP contribution < -0.4 is 0 Å². The molecule has 0 aliphatic heterocycles. The molecule has 1 aliphatic carbocycles. The molecule has 1 fully saturated rings. The van der Waals surface area contributed by atoms with E-state index in [0.717, 1.165) is 6.42 Å². The van der Waals surface area contributed by atoms with Crippen LogP contribution in [0.3, 0.4) is 0 Å². The van der Waals surface area contributed by atoms with E-state index in [4.69, 9.17) is 0 Å². The summed E-state index contributed by atoms with van der Waals surface area (Å²) in [6.07, 6.45) is 1.57. The number of rotatable bonds is 2. The van der Waals surface area contributed by atoms with Gasteiger partial charge in [0.2, 0.25) is 0 Å². The zero-order chi connectivity index (χ0) is 11.9. The van der Waals surface area contributed by atoms with Gasteiger partial charge in [-0.25, -0.2) is 4.39 Å². The molecule has 0 radical (unpaired) electrons. The number of halogens is 2. The smallest absolute Gasteiger partial charge is 0.314 e. The molecule has 1 aliphatic rings. The van der Waals surface area contributed by atoms with Crippen LogP contribution in [0.15, 0.2) is 16.6 Å². The molecule has 2 N–H and O–H groups in total. The molecule has 0 heterocycles. The lowest BCUT2D eigenvalue weighted by atomic mass is 9.64. The van der Waals surface area contributed by atoms with Gasteiger partial charge >= 0.3 is 5.97 Å². The average Bonchev–Trinajstić information content (AvgIpc) is 2.15. The monoisotopic (exact) mass is 288 g/mol. The number of hydrogen-bond acceptors (Lipinski definition) is 2. The Labute approximate surface area is 100 Å². The number of carbonyl (C=O) groups is 1. The Hall–Kier alpha value is -1.10. The van der Waals surface area contributed by atoms with Gasteiger partial charge in [0, 0.05) is 10.0 Å². The van der Waals surface area contributed by atoms with Gasteiger partial charge in [-0.3, -0.25) is 4.79 Å². The zero-order valence-electron chi connectivity index (χ0n) is 8.33. The third-order valence-corrected chi connectivity index (χ3v) is 3.83. The molecule has 1 aromatic rings. The van der Waals surface area contributed by atoms with E-state index in [0.29, 0.717) is 17.3 Å². The van der Waals surface area contributed by atoms with Crippen LogP contribution in [0.4, 0.5) is 4.39 Å². The first-order chi connectivity index (χ1) is 7.49. The molecule has 5 heteroatoms. The zero-order valence-corrected chi connectivity index (χ0v) is 9.92. The first kappa shape index (κ1) is 11.4. The van der Waals surface area contributed by atoms with Crippen molar-refractivity contribution < 1.29 is 19.4 Å². The Kier molecular flexibility index (Phi) is 2.66. The molecule has 0 spiro atoms. The highest BCUT2D eigenvalue weighted by atomic mass is 79.9. The summed E-state index contributed by atoms with van der Waals surface area (Å²) in [6, 6.07) is 2.67. The highest BCUT2D eigenvalue weighted by Crippen LogP contribution is 2.48.